The lowest BCUT2D eigenvalue weighted by Gasteiger charge is -2.37. The van der Waals surface area contributed by atoms with Crippen molar-refractivity contribution in [2.45, 2.75) is 13.8 Å². The minimum atomic E-state index is 0.0582. The molecule has 3 aromatic rings. The third kappa shape index (κ3) is 4.59. The molecule has 4 rings (SSSR count). The van der Waals surface area contributed by atoms with Crippen LogP contribution in [0, 0.1) is 12.0 Å². The molecule has 0 bridgehead atoms. The molecule has 1 aliphatic rings. The molecule has 0 atom stereocenters. The van der Waals surface area contributed by atoms with Crippen LogP contribution < -0.4 is 10.2 Å². The average Bonchev–Trinajstić information content (AvgIpc) is 2.80. The van der Waals surface area contributed by atoms with Gasteiger partial charge in [-0.15, -0.1) is 0 Å². The first-order valence-electron chi connectivity index (χ1n) is 10.3. The number of anilines is 3. The van der Waals surface area contributed by atoms with Crippen LogP contribution in [-0.2, 0) is 4.79 Å². The first-order valence-corrected chi connectivity index (χ1v) is 10.3. The second kappa shape index (κ2) is 8.95. The van der Waals surface area contributed by atoms with Gasteiger partial charge in [-0.25, -0.2) is 9.97 Å². The van der Waals surface area contributed by atoms with Gasteiger partial charge in [-0.3, -0.25) is 4.79 Å². The van der Waals surface area contributed by atoms with Crippen LogP contribution in [0.25, 0.3) is 11.3 Å². The molecule has 0 spiro atoms. The molecule has 30 heavy (non-hydrogen) atoms. The molecule has 0 saturated carbocycles. The Morgan fingerprint density at radius 2 is 1.70 bits per heavy atom. The Morgan fingerprint density at radius 1 is 1.00 bits per heavy atom. The number of hydrogen-bond acceptors (Lipinski definition) is 5. The van der Waals surface area contributed by atoms with Gasteiger partial charge in [0.15, 0.2) is 0 Å². The maximum Gasteiger partial charge on any atom is 0.227 e. The Bertz CT molecular complexity index is 980. The molecular formula is C24H26N5O. The normalized spacial score (nSPS) is 14.1. The Labute approximate surface area is 177 Å². The predicted octanol–water partition coefficient (Wildman–Crippen LogP) is 3.99. The van der Waals surface area contributed by atoms with Gasteiger partial charge < -0.3 is 15.1 Å². The van der Waals surface area contributed by atoms with Crippen LogP contribution in [0.2, 0.25) is 0 Å². The number of aromatic nitrogens is 2. The smallest absolute Gasteiger partial charge is 0.227 e. The SMILES string of the molecule is CC(C)C(=O)N1CCN(c2ccc(Nc3nccc(-c4cc[c]cc4)n3)cc2)CC1. The highest BCUT2D eigenvalue weighted by Crippen LogP contribution is 2.23. The van der Waals surface area contributed by atoms with Crippen molar-refractivity contribution in [3.63, 3.8) is 0 Å². The van der Waals surface area contributed by atoms with Crippen molar-refractivity contribution >= 4 is 23.2 Å². The van der Waals surface area contributed by atoms with E-state index in [1.54, 1.807) is 6.20 Å². The van der Waals surface area contributed by atoms with E-state index in [9.17, 15) is 4.79 Å². The second-order valence-corrected chi connectivity index (χ2v) is 7.69. The molecule has 1 aromatic heterocycles. The first-order chi connectivity index (χ1) is 14.6. The fourth-order valence-corrected chi connectivity index (χ4v) is 3.57. The molecule has 1 saturated heterocycles. The third-order valence-corrected chi connectivity index (χ3v) is 5.24. The number of nitrogens with one attached hydrogen (secondary N) is 1. The number of hydrogen-bond donors (Lipinski definition) is 1. The molecule has 0 aliphatic carbocycles. The second-order valence-electron chi connectivity index (χ2n) is 7.69. The van der Waals surface area contributed by atoms with Gasteiger partial charge in [-0.05, 0) is 36.4 Å². The maximum atomic E-state index is 12.2. The lowest BCUT2D eigenvalue weighted by Crippen LogP contribution is -2.49. The molecule has 1 aliphatic heterocycles. The van der Waals surface area contributed by atoms with Crippen molar-refractivity contribution < 1.29 is 4.79 Å². The van der Waals surface area contributed by atoms with Gasteiger partial charge >= 0.3 is 0 Å². The zero-order valence-electron chi connectivity index (χ0n) is 17.4. The van der Waals surface area contributed by atoms with E-state index in [0.717, 1.165) is 48.8 Å². The molecule has 1 fully saturated rings. The number of carbonyl (C=O) groups is 1. The van der Waals surface area contributed by atoms with Crippen LogP contribution >= 0.6 is 0 Å². The van der Waals surface area contributed by atoms with Crippen LogP contribution in [0.3, 0.4) is 0 Å². The number of amides is 1. The fraction of sp³-hybridized carbons (Fsp3) is 0.292. The topological polar surface area (TPSA) is 61.4 Å². The third-order valence-electron chi connectivity index (χ3n) is 5.24. The largest absolute Gasteiger partial charge is 0.368 e. The molecule has 1 amide bonds. The van der Waals surface area contributed by atoms with E-state index in [2.05, 4.69) is 38.4 Å². The molecule has 153 valence electrons. The summed E-state index contributed by atoms with van der Waals surface area (Å²) < 4.78 is 0. The summed E-state index contributed by atoms with van der Waals surface area (Å²) >= 11 is 0. The van der Waals surface area contributed by atoms with Crippen molar-refractivity contribution in [1.82, 2.24) is 14.9 Å². The summed E-state index contributed by atoms with van der Waals surface area (Å²) in [4.78, 5) is 25.4. The van der Waals surface area contributed by atoms with Crippen LogP contribution in [0.5, 0.6) is 0 Å². The fourth-order valence-electron chi connectivity index (χ4n) is 3.57. The standard InChI is InChI=1S/C24H26N5O/c1-18(2)23(30)29-16-14-28(15-17-29)21-10-8-20(9-11-21)26-24-25-13-12-22(27-24)19-6-4-3-5-7-19/h4-13,18H,14-17H2,1-2H3,(H,25,26,27). The van der Waals surface area contributed by atoms with Gasteiger partial charge in [0, 0.05) is 55.2 Å². The summed E-state index contributed by atoms with van der Waals surface area (Å²) in [6.45, 7) is 7.16. The summed E-state index contributed by atoms with van der Waals surface area (Å²) in [5.41, 5.74) is 4.00. The quantitative estimate of drug-likeness (QED) is 0.702. The van der Waals surface area contributed by atoms with Gasteiger partial charge in [-0.1, -0.05) is 38.1 Å². The number of nitrogens with zero attached hydrogens (tertiary/aromatic N) is 4. The molecule has 2 heterocycles. The predicted molar refractivity (Wildman–Crippen MR) is 120 cm³/mol. The number of carbonyl (C=O) groups excluding carboxylic acids is 1. The lowest BCUT2D eigenvalue weighted by atomic mass is 10.1. The molecule has 2 aromatic carbocycles. The van der Waals surface area contributed by atoms with Gasteiger partial charge in [0.05, 0.1) is 5.69 Å². The van der Waals surface area contributed by atoms with Gasteiger partial charge in [0.25, 0.3) is 0 Å². The zero-order chi connectivity index (χ0) is 20.9. The summed E-state index contributed by atoms with van der Waals surface area (Å²) in [5, 5.41) is 3.28. The first kappa shape index (κ1) is 19.9. The Hall–Kier alpha value is -3.41. The van der Waals surface area contributed by atoms with Crippen LogP contribution in [0.1, 0.15) is 13.8 Å². The van der Waals surface area contributed by atoms with Crippen LogP contribution in [-0.4, -0.2) is 47.0 Å². The Kier molecular flexibility index (Phi) is 5.93. The van der Waals surface area contributed by atoms with E-state index in [-0.39, 0.29) is 11.8 Å². The highest BCUT2D eigenvalue weighted by molar-refractivity contribution is 5.78. The van der Waals surface area contributed by atoms with E-state index in [0.29, 0.717) is 5.95 Å². The monoisotopic (exact) mass is 400 g/mol. The highest BCUT2D eigenvalue weighted by atomic mass is 16.2. The van der Waals surface area contributed by atoms with Crippen molar-refractivity contribution in [3.8, 4) is 11.3 Å². The minimum Gasteiger partial charge on any atom is -0.368 e. The molecular weight excluding hydrogens is 374 g/mol. The molecule has 6 nitrogen and oxygen atoms in total. The van der Waals surface area contributed by atoms with Crippen molar-refractivity contribution in [3.05, 3.63) is 66.9 Å². The molecule has 1 N–H and O–H groups in total. The van der Waals surface area contributed by atoms with E-state index in [1.165, 1.54) is 0 Å². The molecule has 6 heteroatoms. The number of rotatable bonds is 5. The molecule has 0 unspecified atom stereocenters. The zero-order valence-corrected chi connectivity index (χ0v) is 17.4. The van der Waals surface area contributed by atoms with Crippen molar-refractivity contribution in [2.24, 2.45) is 5.92 Å². The average molecular weight is 401 g/mol. The minimum absolute atomic E-state index is 0.0582. The number of piperazine rings is 1. The molecule has 1 radical (unpaired) electrons. The van der Waals surface area contributed by atoms with E-state index in [4.69, 9.17) is 0 Å². The van der Waals surface area contributed by atoms with Gasteiger partial charge in [-0.2, -0.15) is 0 Å². The van der Waals surface area contributed by atoms with E-state index < -0.39 is 0 Å². The summed E-state index contributed by atoms with van der Waals surface area (Å²) in [7, 11) is 0. The Morgan fingerprint density at radius 3 is 2.37 bits per heavy atom. The highest BCUT2D eigenvalue weighted by Gasteiger charge is 2.22. The summed E-state index contributed by atoms with van der Waals surface area (Å²) in [6, 6.07) is 20.9. The summed E-state index contributed by atoms with van der Waals surface area (Å²) in [6.07, 6.45) is 1.76. The van der Waals surface area contributed by atoms with Crippen LogP contribution in [0.4, 0.5) is 17.3 Å². The van der Waals surface area contributed by atoms with Gasteiger partial charge in [0.2, 0.25) is 11.9 Å². The Balaban J connectivity index is 1.39. The lowest BCUT2D eigenvalue weighted by molar-refractivity contribution is -0.134. The van der Waals surface area contributed by atoms with Crippen LogP contribution in [0.15, 0.2) is 60.8 Å². The van der Waals surface area contributed by atoms with Crippen molar-refractivity contribution in [1.29, 1.82) is 0 Å². The summed E-state index contributed by atoms with van der Waals surface area (Å²) in [5.74, 6) is 0.863. The van der Waals surface area contributed by atoms with E-state index in [1.807, 2.05) is 61.2 Å². The van der Waals surface area contributed by atoms with Gasteiger partial charge in [0.1, 0.15) is 0 Å². The van der Waals surface area contributed by atoms with E-state index >= 15 is 0 Å². The maximum absolute atomic E-state index is 12.2. The number of benzene rings is 2. The van der Waals surface area contributed by atoms with Crippen molar-refractivity contribution in [2.75, 3.05) is 36.4 Å².